The van der Waals surface area contributed by atoms with Crippen LogP contribution in [0.25, 0.3) is 21.6 Å². The number of sulfonamides is 1. The summed E-state index contributed by atoms with van der Waals surface area (Å²) in [6, 6.07) is 11.5. The predicted molar refractivity (Wildman–Crippen MR) is 239 cm³/mol. The van der Waals surface area contributed by atoms with Gasteiger partial charge >= 0.3 is 0 Å². The minimum Gasteiger partial charge on any atom is -0.496 e. The number of methoxy groups -OCH3 is 1. The number of aryl methyl sites for hydroxylation is 2. The summed E-state index contributed by atoms with van der Waals surface area (Å²) in [6.45, 7) is 21.3. The molecule has 3 heterocycles. The Bertz CT molecular complexity index is 2510. The zero-order valence-corrected chi connectivity index (χ0v) is 38.3. The fourth-order valence-electron chi connectivity index (χ4n) is 8.18. The molecule has 2 aliphatic carbocycles. The van der Waals surface area contributed by atoms with Crippen molar-refractivity contribution in [2.24, 2.45) is 17.3 Å². The lowest BCUT2D eigenvalue weighted by Crippen LogP contribution is -2.59. The zero-order chi connectivity index (χ0) is 44.4. The van der Waals surface area contributed by atoms with Gasteiger partial charge in [0.15, 0.2) is 0 Å². The van der Waals surface area contributed by atoms with Gasteiger partial charge in [-0.1, -0.05) is 59.8 Å². The van der Waals surface area contributed by atoms with E-state index in [9.17, 15) is 18.0 Å². The Morgan fingerprint density at radius 2 is 1.79 bits per heavy atom. The minimum absolute atomic E-state index is 0.0417. The quantitative estimate of drug-likeness (QED) is 0.110. The van der Waals surface area contributed by atoms with Crippen molar-refractivity contribution in [1.29, 1.82) is 0 Å². The van der Waals surface area contributed by atoms with Crippen molar-refractivity contribution < 1.29 is 32.3 Å². The third-order valence-electron chi connectivity index (χ3n) is 12.6. The molecule has 3 amide bonds. The van der Waals surface area contributed by atoms with Crippen molar-refractivity contribution in [2.45, 2.75) is 116 Å². The molecule has 2 aromatic heterocycles. The Morgan fingerprint density at radius 3 is 2.38 bits per heavy atom. The number of anilines is 1. The van der Waals surface area contributed by atoms with Crippen molar-refractivity contribution in [1.82, 2.24) is 24.9 Å². The van der Waals surface area contributed by atoms with Crippen LogP contribution in [-0.2, 0) is 24.4 Å². The SMILES string of the molecule is C=C[C@@H]1C[C@]1(NC(=O)[C@@H]1[C@H](C)[C@@H](Oc2cc(-c3nc(C(C)C)cs3)nc3c(C)c(OC)ccc23)CN1C(=O)[C@@H](Nc1cccc(C)c1)C(C)(C)C)C(=O)NS(=O)(=O)C1(C)CC1. The standard InChI is InChI=1S/C46H58N6O7S2/c1-12-29-22-46(29,43(55)51-61(56,57)45(10)18-19-45)50-40(53)38-28(6)36(23-52(38)42(54)39(44(7,8)9)47-30-15-13-14-26(4)20-30)59-35-21-32(41-49-33(24-60-41)25(2)3)48-37-27(5)34(58-11)17-16-31(35)37/h12-17,20-21,24-25,28-29,36,38-39,47H,1,18-19,22-23H2,2-11H3,(H,50,53)(H,51,55)/t28-,29-,36+,38+,39-,46-/m1/s1. The number of thiazole rings is 1. The van der Waals surface area contributed by atoms with Crippen molar-refractivity contribution in [3.63, 3.8) is 0 Å². The number of hydrogen-bond acceptors (Lipinski definition) is 11. The van der Waals surface area contributed by atoms with Crippen LogP contribution < -0.4 is 24.8 Å². The summed E-state index contributed by atoms with van der Waals surface area (Å²) >= 11 is 1.50. The summed E-state index contributed by atoms with van der Waals surface area (Å²) in [5.41, 5.74) is 2.66. The van der Waals surface area contributed by atoms with E-state index in [1.54, 1.807) is 25.0 Å². The van der Waals surface area contributed by atoms with Gasteiger partial charge in [-0.15, -0.1) is 17.9 Å². The maximum atomic E-state index is 15.1. The first-order valence-corrected chi connectivity index (χ1v) is 23.2. The van der Waals surface area contributed by atoms with Gasteiger partial charge in [0.2, 0.25) is 21.8 Å². The third-order valence-corrected chi connectivity index (χ3v) is 15.7. The van der Waals surface area contributed by atoms with Gasteiger partial charge in [0.1, 0.15) is 45.9 Å². The second-order valence-electron chi connectivity index (χ2n) is 18.7. The summed E-state index contributed by atoms with van der Waals surface area (Å²) in [7, 11) is -2.39. The van der Waals surface area contributed by atoms with E-state index in [-0.39, 0.29) is 24.8 Å². The molecule has 3 fully saturated rings. The monoisotopic (exact) mass is 870 g/mol. The van der Waals surface area contributed by atoms with E-state index in [0.29, 0.717) is 35.6 Å². The summed E-state index contributed by atoms with van der Waals surface area (Å²) in [4.78, 5) is 55.4. The first-order chi connectivity index (χ1) is 28.6. The molecule has 15 heteroatoms. The van der Waals surface area contributed by atoms with Gasteiger partial charge in [-0.05, 0) is 81.2 Å². The van der Waals surface area contributed by atoms with Gasteiger partial charge in [0, 0.05) is 39.9 Å². The molecule has 6 atom stereocenters. The van der Waals surface area contributed by atoms with Crippen LogP contribution in [0.4, 0.5) is 5.69 Å². The number of nitrogens with zero attached hydrogens (tertiary/aromatic N) is 3. The summed E-state index contributed by atoms with van der Waals surface area (Å²) < 4.78 is 40.3. The molecule has 1 saturated heterocycles. The lowest BCUT2D eigenvalue weighted by molar-refractivity contribution is -0.142. The molecule has 2 saturated carbocycles. The second-order valence-corrected chi connectivity index (χ2v) is 21.7. The smallest absolute Gasteiger partial charge is 0.259 e. The largest absolute Gasteiger partial charge is 0.496 e. The van der Waals surface area contributed by atoms with Crippen LogP contribution in [0.15, 0.2) is 60.5 Å². The number of fused-ring (bicyclic) bond motifs is 1. The minimum atomic E-state index is -4.00. The number of benzene rings is 2. The Kier molecular flexibility index (Phi) is 11.6. The highest BCUT2D eigenvalue weighted by atomic mass is 32.2. The summed E-state index contributed by atoms with van der Waals surface area (Å²) in [5, 5.41) is 9.88. The topological polar surface area (TPSA) is 169 Å². The van der Waals surface area contributed by atoms with Crippen LogP contribution in [0, 0.1) is 31.1 Å². The molecule has 0 bridgehead atoms. The highest BCUT2D eigenvalue weighted by molar-refractivity contribution is 7.91. The lowest BCUT2D eigenvalue weighted by Gasteiger charge is -2.36. The fourth-order valence-corrected chi connectivity index (χ4v) is 10.4. The van der Waals surface area contributed by atoms with Crippen LogP contribution in [0.5, 0.6) is 11.5 Å². The van der Waals surface area contributed by atoms with Crippen LogP contribution in [0.1, 0.15) is 90.5 Å². The first kappa shape index (κ1) is 44.0. The highest BCUT2D eigenvalue weighted by Crippen LogP contribution is 2.48. The highest BCUT2D eigenvalue weighted by Gasteiger charge is 2.63. The molecule has 2 aromatic carbocycles. The number of ether oxygens (including phenoxy) is 2. The maximum absolute atomic E-state index is 15.1. The van der Waals surface area contributed by atoms with Crippen LogP contribution in [0.2, 0.25) is 0 Å². The average Bonchev–Trinajstić information content (AvgIpc) is 4.01. The van der Waals surface area contributed by atoms with E-state index < -0.39 is 67.6 Å². The van der Waals surface area contributed by atoms with Crippen LogP contribution >= 0.6 is 11.3 Å². The van der Waals surface area contributed by atoms with Crippen molar-refractivity contribution in [2.75, 3.05) is 19.0 Å². The van der Waals surface area contributed by atoms with Gasteiger partial charge in [-0.25, -0.2) is 18.4 Å². The number of amides is 3. The summed E-state index contributed by atoms with van der Waals surface area (Å²) in [5.74, 6) is -1.44. The molecule has 1 aliphatic heterocycles. The predicted octanol–water partition coefficient (Wildman–Crippen LogP) is 7.29. The normalized spacial score (nSPS) is 23.6. The van der Waals surface area contributed by atoms with Crippen molar-refractivity contribution in [3.05, 3.63) is 77.3 Å². The molecule has 0 radical (unpaired) electrons. The zero-order valence-electron chi connectivity index (χ0n) is 36.7. The van der Waals surface area contributed by atoms with Gasteiger partial charge < -0.3 is 25.0 Å². The number of aromatic nitrogens is 2. The van der Waals surface area contributed by atoms with E-state index in [0.717, 1.165) is 32.9 Å². The maximum Gasteiger partial charge on any atom is 0.259 e. The van der Waals surface area contributed by atoms with E-state index in [2.05, 4.69) is 35.8 Å². The Morgan fingerprint density at radius 1 is 1.07 bits per heavy atom. The van der Waals surface area contributed by atoms with Crippen LogP contribution in [-0.4, -0.2) is 83.1 Å². The number of hydrogen-bond donors (Lipinski definition) is 3. The number of likely N-dealkylation sites (tertiary alicyclic amines) is 1. The van der Waals surface area contributed by atoms with Gasteiger partial charge in [0.05, 0.1) is 29.6 Å². The Balaban J connectivity index is 1.28. The number of nitrogens with one attached hydrogen (secondary N) is 3. The number of rotatable bonds is 14. The fraction of sp³-hybridized carbons (Fsp3) is 0.500. The van der Waals surface area contributed by atoms with Gasteiger partial charge in [-0.2, -0.15) is 0 Å². The molecule has 61 heavy (non-hydrogen) atoms. The number of pyridine rings is 1. The van der Waals surface area contributed by atoms with E-state index >= 15 is 4.79 Å². The van der Waals surface area contributed by atoms with Crippen molar-refractivity contribution in [3.8, 4) is 22.2 Å². The molecule has 326 valence electrons. The lowest BCUT2D eigenvalue weighted by atomic mass is 9.85. The average molecular weight is 871 g/mol. The van der Waals surface area contributed by atoms with E-state index in [1.165, 1.54) is 11.3 Å². The molecular formula is C46H58N6O7S2. The first-order valence-electron chi connectivity index (χ1n) is 20.9. The Labute approximate surface area is 363 Å². The third kappa shape index (κ3) is 8.35. The molecule has 3 aliphatic rings. The Hall–Kier alpha value is -5.02. The molecule has 0 spiro atoms. The molecule has 4 aromatic rings. The molecule has 13 nitrogen and oxygen atoms in total. The molecular weight excluding hydrogens is 813 g/mol. The number of carbonyl (C=O) groups excluding carboxylic acids is 3. The summed E-state index contributed by atoms with van der Waals surface area (Å²) in [6.07, 6.45) is 1.90. The number of carbonyl (C=O) groups is 3. The van der Waals surface area contributed by atoms with Crippen molar-refractivity contribution >= 4 is 55.7 Å². The molecule has 3 N–H and O–H groups in total. The van der Waals surface area contributed by atoms with Crippen LogP contribution in [0.3, 0.4) is 0 Å². The van der Waals surface area contributed by atoms with E-state index in [1.807, 2.05) is 89.4 Å². The molecule has 0 unspecified atom stereocenters. The van der Waals surface area contributed by atoms with E-state index in [4.69, 9.17) is 19.4 Å². The molecule has 7 rings (SSSR count). The van der Waals surface area contributed by atoms with Gasteiger partial charge in [-0.3, -0.25) is 19.1 Å². The second kappa shape index (κ2) is 16.0. The van der Waals surface area contributed by atoms with Gasteiger partial charge in [0.25, 0.3) is 5.91 Å².